The van der Waals surface area contributed by atoms with Crippen LogP contribution in [0.2, 0.25) is 0 Å². The molecule has 0 saturated heterocycles. The normalized spacial score (nSPS) is 11.5. The van der Waals surface area contributed by atoms with Crippen molar-refractivity contribution in [1.82, 2.24) is 9.38 Å². The van der Waals surface area contributed by atoms with Gasteiger partial charge in [0.2, 0.25) is 9.84 Å². The number of methoxy groups -OCH3 is 1. The van der Waals surface area contributed by atoms with Crippen molar-refractivity contribution < 1.29 is 22.3 Å². The number of rotatable bonds is 7. The van der Waals surface area contributed by atoms with Gasteiger partial charge < -0.3 is 9.14 Å². The standard InChI is InChI=1S/C23H19FN2O4S/c1-30-21-4-2-3-19(24)23(21)31(28,29)18-9-5-16(6-10-18)7-11-20(27)17-8-12-22-25-13-14-26(22)15-17/h2-6,8-10,12-15H,7,11H2,1H3. The number of aryl methyl sites for hydroxylation is 1. The average Bonchev–Trinajstić information content (AvgIpc) is 3.25. The largest absolute Gasteiger partial charge is 0.495 e. The topological polar surface area (TPSA) is 77.7 Å². The lowest BCUT2D eigenvalue weighted by Gasteiger charge is -2.11. The molecule has 2 heterocycles. The first-order valence-electron chi connectivity index (χ1n) is 9.52. The number of carbonyl (C=O) groups excluding carboxylic acids is 1. The summed E-state index contributed by atoms with van der Waals surface area (Å²) in [6.45, 7) is 0. The summed E-state index contributed by atoms with van der Waals surface area (Å²) in [6, 6.07) is 13.5. The summed E-state index contributed by atoms with van der Waals surface area (Å²) in [5, 5.41) is 0. The van der Waals surface area contributed by atoms with E-state index in [-0.39, 0.29) is 22.8 Å². The summed E-state index contributed by atoms with van der Waals surface area (Å²) in [5.74, 6) is -0.947. The zero-order valence-corrected chi connectivity index (χ0v) is 17.5. The molecule has 0 atom stereocenters. The third-order valence-corrected chi connectivity index (χ3v) is 6.83. The summed E-state index contributed by atoms with van der Waals surface area (Å²) in [6.07, 6.45) is 5.89. The second kappa shape index (κ2) is 8.31. The Morgan fingerprint density at radius 2 is 1.87 bits per heavy atom. The Kier molecular flexibility index (Phi) is 5.56. The van der Waals surface area contributed by atoms with Gasteiger partial charge >= 0.3 is 0 Å². The Bertz CT molecular complexity index is 1360. The number of ketones is 1. The van der Waals surface area contributed by atoms with E-state index in [4.69, 9.17) is 4.74 Å². The van der Waals surface area contributed by atoms with Gasteiger partial charge in [-0.2, -0.15) is 0 Å². The van der Waals surface area contributed by atoms with Crippen molar-refractivity contribution in [2.75, 3.05) is 7.11 Å². The van der Waals surface area contributed by atoms with Gasteiger partial charge in [-0.25, -0.2) is 17.8 Å². The number of aromatic nitrogens is 2. The molecule has 2 aromatic carbocycles. The first-order valence-corrected chi connectivity index (χ1v) is 11.0. The van der Waals surface area contributed by atoms with Crippen LogP contribution in [0.15, 0.2) is 83.0 Å². The third kappa shape index (κ3) is 4.06. The first-order chi connectivity index (χ1) is 14.9. The van der Waals surface area contributed by atoms with Crippen molar-refractivity contribution in [3.63, 3.8) is 0 Å². The highest BCUT2D eigenvalue weighted by molar-refractivity contribution is 7.91. The molecule has 0 fully saturated rings. The van der Waals surface area contributed by atoms with Gasteiger partial charge in [-0.15, -0.1) is 0 Å². The molecule has 0 aliphatic heterocycles. The highest BCUT2D eigenvalue weighted by Crippen LogP contribution is 2.31. The maximum Gasteiger partial charge on any atom is 0.213 e. The Morgan fingerprint density at radius 1 is 1.10 bits per heavy atom. The van der Waals surface area contributed by atoms with Crippen LogP contribution in [0.1, 0.15) is 22.3 Å². The molecule has 0 aliphatic carbocycles. The quantitative estimate of drug-likeness (QED) is 0.406. The molecule has 4 rings (SSSR count). The minimum atomic E-state index is -4.09. The van der Waals surface area contributed by atoms with Gasteiger partial charge in [-0.05, 0) is 48.4 Å². The molecule has 31 heavy (non-hydrogen) atoms. The molecule has 2 aromatic heterocycles. The number of benzene rings is 2. The second-order valence-corrected chi connectivity index (χ2v) is 8.84. The second-order valence-electron chi connectivity index (χ2n) is 6.95. The molecular weight excluding hydrogens is 419 g/mol. The minimum absolute atomic E-state index is 0.0246. The Balaban J connectivity index is 1.50. The third-order valence-electron chi connectivity index (χ3n) is 5.00. The molecule has 0 saturated carbocycles. The average molecular weight is 438 g/mol. The number of hydrogen-bond donors (Lipinski definition) is 0. The fourth-order valence-corrected chi connectivity index (χ4v) is 4.82. The zero-order chi connectivity index (χ0) is 22.0. The van der Waals surface area contributed by atoms with Crippen LogP contribution in [0.4, 0.5) is 4.39 Å². The van der Waals surface area contributed by atoms with E-state index in [0.29, 0.717) is 12.0 Å². The van der Waals surface area contributed by atoms with Crippen LogP contribution in [-0.2, 0) is 16.3 Å². The first kappa shape index (κ1) is 20.7. The van der Waals surface area contributed by atoms with Gasteiger partial charge in [-0.1, -0.05) is 18.2 Å². The SMILES string of the molecule is COc1cccc(F)c1S(=O)(=O)c1ccc(CCC(=O)c2ccc3nccn3c2)cc1. The van der Waals surface area contributed by atoms with E-state index < -0.39 is 20.5 Å². The number of ether oxygens (including phenoxy) is 1. The summed E-state index contributed by atoms with van der Waals surface area (Å²) < 4.78 is 46.8. The van der Waals surface area contributed by atoms with Crippen molar-refractivity contribution in [2.24, 2.45) is 0 Å². The summed E-state index contributed by atoms with van der Waals surface area (Å²) in [5.41, 5.74) is 2.15. The van der Waals surface area contributed by atoms with Gasteiger partial charge in [0.15, 0.2) is 5.78 Å². The van der Waals surface area contributed by atoms with E-state index in [9.17, 15) is 17.6 Å². The number of halogens is 1. The van der Waals surface area contributed by atoms with Crippen molar-refractivity contribution in [3.05, 3.63) is 90.1 Å². The molecule has 0 amide bonds. The zero-order valence-electron chi connectivity index (χ0n) is 16.7. The van der Waals surface area contributed by atoms with Gasteiger partial charge in [-0.3, -0.25) is 4.79 Å². The van der Waals surface area contributed by atoms with Gasteiger partial charge in [0.05, 0.1) is 12.0 Å². The molecule has 4 aromatic rings. The lowest BCUT2D eigenvalue weighted by molar-refractivity contribution is 0.0982. The molecule has 0 radical (unpaired) electrons. The predicted octanol–water partition coefficient (Wildman–Crippen LogP) is 4.13. The summed E-state index contributed by atoms with van der Waals surface area (Å²) in [4.78, 5) is 16.1. The minimum Gasteiger partial charge on any atom is -0.495 e. The number of pyridine rings is 1. The number of sulfone groups is 1. The predicted molar refractivity (Wildman–Crippen MR) is 113 cm³/mol. The molecule has 0 bridgehead atoms. The number of imidazole rings is 1. The molecule has 0 aliphatic rings. The molecule has 8 heteroatoms. The van der Waals surface area contributed by atoms with Crippen LogP contribution < -0.4 is 4.74 Å². The lowest BCUT2D eigenvalue weighted by Crippen LogP contribution is -2.07. The Labute approximate surface area is 178 Å². The van der Waals surface area contributed by atoms with Crippen molar-refractivity contribution in [2.45, 2.75) is 22.6 Å². The highest BCUT2D eigenvalue weighted by atomic mass is 32.2. The summed E-state index contributed by atoms with van der Waals surface area (Å²) >= 11 is 0. The maximum absolute atomic E-state index is 14.2. The number of nitrogens with zero attached hydrogens (tertiary/aromatic N) is 2. The van der Waals surface area contributed by atoms with Gasteiger partial charge in [0.25, 0.3) is 0 Å². The number of hydrogen-bond acceptors (Lipinski definition) is 5. The van der Waals surface area contributed by atoms with Crippen molar-refractivity contribution in [1.29, 1.82) is 0 Å². The number of Topliss-reactive ketones (excluding diaryl/α,β-unsaturated/α-hetero) is 1. The van der Waals surface area contributed by atoms with Crippen LogP contribution in [0, 0.1) is 5.82 Å². The molecular formula is C23H19FN2O4S. The fraction of sp³-hybridized carbons (Fsp3) is 0.130. The van der Waals surface area contributed by atoms with E-state index in [1.807, 2.05) is 0 Å². The fourth-order valence-electron chi connectivity index (χ4n) is 3.35. The lowest BCUT2D eigenvalue weighted by atomic mass is 10.0. The van der Waals surface area contributed by atoms with Gasteiger partial charge in [0, 0.05) is 30.6 Å². The monoisotopic (exact) mass is 438 g/mol. The molecule has 0 spiro atoms. The van der Waals surface area contributed by atoms with Crippen LogP contribution in [-0.4, -0.2) is 30.7 Å². The highest BCUT2D eigenvalue weighted by Gasteiger charge is 2.26. The van der Waals surface area contributed by atoms with E-state index in [1.165, 1.54) is 31.4 Å². The van der Waals surface area contributed by atoms with E-state index in [2.05, 4.69) is 4.98 Å². The maximum atomic E-state index is 14.2. The molecule has 6 nitrogen and oxygen atoms in total. The van der Waals surface area contributed by atoms with Crippen LogP contribution in [0.3, 0.4) is 0 Å². The van der Waals surface area contributed by atoms with Crippen LogP contribution in [0.25, 0.3) is 5.65 Å². The Morgan fingerprint density at radius 3 is 2.61 bits per heavy atom. The van der Waals surface area contributed by atoms with E-state index in [0.717, 1.165) is 17.3 Å². The van der Waals surface area contributed by atoms with E-state index in [1.54, 1.807) is 47.3 Å². The van der Waals surface area contributed by atoms with Crippen molar-refractivity contribution in [3.8, 4) is 5.75 Å². The van der Waals surface area contributed by atoms with E-state index >= 15 is 0 Å². The summed E-state index contributed by atoms with van der Waals surface area (Å²) in [7, 11) is -2.80. The molecule has 0 N–H and O–H groups in total. The number of carbonyl (C=O) groups is 1. The molecule has 0 unspecified atom stereocenters. The Hall–Kier alpha value is -3.52. The van der Waals surface area contributed by atoms with Crippen molar-refractivity contribution >= 4 is 21.3 Å². The molecule has 158 valence electrons. The van der Waals surface area contributed by atoms with Gasteiger partial charge in [0.1, 0.15) is 22.1 Å². The number of fused-ring (bicyclic) bond motifs is 1. The van der Waals surface area contributed by atoms with Crippen LogP contribution >= 0.6 is 0 Å². The smallest absolute Gasteiger partial charge is 0.213 e. The van der Waals surface area contributed by atoms with Crippen LogP contribution in [0.5, 0.6) is 5.75 Å².